The van der Waals surface area contributed by atoms with Crippen molar-refractivity contribution in [1.82, 2.24) is 24.8 Å². The zero-order valence-electron chi connectivity index (χ0n) is 22.2. The molecule has 1 saturated heterocycles. The van der Waals surface area contributed by atoms with Gasteiger partial charge in [0.25, 0.3) is 0 Å². The Kier molecular flexibility index (Phi) is 6.91. The van der Waals surface area contributed by atoms with Crippen molar-refractivity contribution in [1.29, 1.82) is 0 Å². The van der Waals surface area contributed by atoms with Gasteiger partial charge in [-0.05, 0) is 37.8 Å². The molecule has 4 aromatic rings. The molecular formula is C30H31N5O4. The number of aryl methyl sites for hydroxylation is 2. The molecule has 2 aromatic carbocycles. The van der Waals surface area contributed by atoms with Crippen LogP contribution in [0.25, 0.3) is 10.9 Å². The van der Waals surface area contributed by atoms with Crippen molar-refractivity contribution in [3.8, 4) is 0 Å². The van der Waals surface area contributed by atoms with E-state index in [0.717, 1.165) is 41.7 Å². The van der Waals surface area contributed by atoms with Gasteiger partial charge in [0.15, 0.2) is 11.2 Å². The Balaban J connectivity index is 0.000000164. The Morgan fingerprint density at radius 2 is 1.64 bits per heavy atom. The molecule has 1 atom stereocenters. The standard InChI is InChI=1S/C18H19N3O.C12H12N2O3/c1-12-19-9-10-21(12)11-13-7-8-16-17(18(13)22)14-5-3-4-6-15(14)20(16)2;1-2-12(8-6-4-3-5-7-8)9(15)13-11(17)14-10(12)16/h3-6,9-10,13H,7-8,11H2,1-2H3;3-7H,2H2,1H3,(H2,13,14,15,16,17). The van der Waals surface area contributed by atoms with Crippen LogP contribution in [0.4, 0.5) is 4.79 Å². The Morgan fingerprint density at radius 1 is 0.974 bits per heavy atom. The molecule has 1 unspecified atom stereocenters. The maximum Gasteiger partial charge on any atom is 0.328 e. The Hall–Kier alpha value is -4.53. The lowest BCUT2D eigenvalue weighted by Gasteiger charge is -2.33. The van der Waals surface area contributed by atoms with Gasteiger partial charge in [-0.25, -0.2) is 9.78 Å². The molecule has 200 valence electrons. The topological polar surface area (TPSA) is 115 Å². The first-order chi connectivity index (χ1) is 18.8. The van der Waals surface area contributed by atoms with Crippen LogP contribution in [0, 0.1) is 12.8 Å². The highest BCUT2D eigenvalue weighted by molar-refractivity contribution is 6.22. The number of barbiturate groups is 1. The first kappa shape index (κ1) is 26.1. The van der Waals surface area contributed by atoms with Crippen LogP contribution in [-0.2, 0) is 35.0 Å². The first-order valence-electron chi connectivity index (χ1n) is 13.1. The summed E-state index contributed by atoms with van der Waals surface area (Å²) in [6.45, 7) is 4.45. The third-order valence-electron chi connectivity index (χ3n) is 7.94. The van der Waals surface area contributed by atoms with Gasteiger partial charge in [-0.2, -0.15) is 0 Å². The van der Waals surface area contributed by atoms with Gasteiger partial charge >= 0.3 is 6.03 Å². The van der Waals surface area contributed by atoms with E-state index < -0.39 is 23.3 Å². The molecular weight excluding hydrogens is 494 g/mol. The number of carbonyl (C=O) groups is 4. The molecule has 2 N–H and O–H groups in total. The number of carbonyl (C=O) groups excluding carboxylic acids is 4. The third kappa shape index (κ3) is 4.43. The van der Waals surface area contributed by atoms with Crippen molar-refractivity contribution in [3.63, 3.8) is 0 Å². The number of aromatic nitrogens is 3. The highest BCUT2D eigenvalue weighted by Crippen LogP contribution is 2.34. The Morgan fingerprint density at radius 3 is 2.28 bits per heavy atom. The predicted molar refractivity (Wildman–Crippen MR) is 146 cm³/mol. The van der Waals surface area contributed by atoms with Crippen LogP contribution in [0.3, 0.4) is 0 Å². The van der Waals surface area contributed by atoms with Gasteiger partial charge in [-0.15, -0.1) is 0 Å². The molecule has 1 aliphatic heterocycles. The van der Waals surface area contributed by atoms with E-state index in [0.29, 0.717) is 12.0 Å². The number of imidazole rings is 1. The van der Waals surface area contributed by atoms with Gasteiger partial charge in [0.05, 0.1) is 0 Å². The number of nitrogens with zero attached hydrogens (tertiary/aromatic N) is 3. The van der Waals surface area contributed by atoms with Gasteiger partial charge in [-0.1, -0.05) is 55.5 Å². The van der Waals surface area contributed by atoms with Crippen LogP contribution < -0.4 is 10.6 Å². The zero-order chi connectivity index (χ0) is 27.7. The SMILES string of the molecule is CCC1(c2ccccc2)C(=O)NC(=O)NC1=O.Cc1nccn1CC1CCc2c(c3ccccc3n2C)C1=O. The van der Waals surface area contributed by atoms with E-state index in [2.05, 4.69) is 43.9 Å². The van der Waals surface area contributed by atoms with Crippen molar-refractivity contribution in [2.24, 2.45) is 13.0 Å². The number of hydrogen-bond acceptors (Lipinski definition) is 5. The summed E-state index contributed by atoms with van der Waals surface area (Å²) in [5.74, 6) is 0.161. The normalized spacial score (nSPS) is 18.2. The molecule has 9 heteroatoms. The number of fused-ring (bicyclic) bond motifs is 3. The van der Waals surface area contributed by atoms with E-state index >= 15 is 0 Å². The van der Waals surface area contributed by atoms with Crippen LogP contribution >= 0.6 is 0 Å². The fourth-order valence-electron chi connectivity index (χ4n) is 5.73. The van der Waals surface area contributed by atoms with Crippen molar-refractivity contribution >= 4 is 34.5 Å². The van der Waals surface area contributed by atoms with E-state index in [1.165, 1.54) is 5.69 Å². The van der Waals surface area contributed by atoms with Gasteiger partial charge in [0, 0.05) is 54.1 Å². The van der Waals surface area contributed by atoms with Crippen molar-refractivity contribution in [2.75, 3.05) is 0 Å². The van der Waals surface area contributed by atoms with Crippen LogP contribution in [0.1, 0.15) is 47.2 Å². The number of nitrogens with one attached hydrogen (secondary N) is 2. The fourth-order valence-corrected chi connectivity index (χ4v) is 5.73. The highest BCUT2D eigenvalue weighted by atomic mass is 16.2. The number of amides is 4. The minimum Gasteiger partial charge on any atom is -0.347 e. The zero-order valence-corrected chi connectivity index (χ0v) is 22.2. The molecule has 6 rings (SSSR count). The molecule has 0 radical (unpaired) electrons. The minimum absolute atomic E-state index is 0.0474. The predicted octanol–water partition coefficient (Wildman–Crippen LogP) is 3.83. The summed E-state index contributed by atoms with van der Waals surface area (Å²) in [5.41, 5.74) is 2.55. The van der Waals surface area contributed by atoms with E-state index in [1.807, 2.05) is 25.3 Å². The summed E-state index contributed by atoms with van der Waals surface area (Å²) < 4.78 is 4.26. The maximum atomic E-state index is 13.0. The molecule has 0 saturated carbocycles. The summed E-state index contributed by atoms with van der Waals surface area (Å²) in [6.07, 6.45) is 5.92. The summed E-state index contributed by atoms with van der Waals surface area (Å²) in [7, 11) is 2.06. The lowest BCUT2D eigenvalue weighted by molar-refractivity contribution is -0.138. The van der Waals surface area contributed by atoms with Gasteiger partial charge in [0.1, 0.15) is 5.82 Å². The summed E-state index contributed by atoms with van der Waals surface area (Å²) in [4.78, 5) is 52.3. The number of para-hydroxylation sites is 1. The van der Waals surface area contributed by atoms with Crippen LogP contribution in [0.15, 0.2) is 67.0 Å². The van der Waals surface area contributed by atoms with Gasteiger partial charge in [-0.3, -0.25) is 25.0 Å². The van der Waals surface area contributed by atoms with E-state index in [9.17, 15) is 19.2 Å². The molecule has 4 amide bonds. The van der Waals surface area contributed by atoms with Crippen LogP contribution in [0.5, 0.6) is 0 Å². The van der Waals surface area contributed by atoms with Crippen LogP contribution in [0.2, 0.25) is 0 Å². The van der Waals surface area contributed by atoms with E-state index in [4.69, 9.17) is 0 Å². The molecule has 2 aliphatic rings. The second-order valence-electron chi connectivity index (χ2n) is 9.99. The van der Waals surface area contributed by atoms with Gasteiger partial charge < -0.3 is 9.13 Å². The maximum absolute atomic E-state index is 13.0. The fraction of sp³-hybridized carbons (Fsp3) is 0.300. The van der Waals surface area contributed by atoms with Crippen molar-refractivity contribution < 1.29 is 19.2 Å². The number of urea groups is 1. The number of ketones is 1. The molecule has 1 fully saturated rings. The van der Waals surface area contributed by atoms with Crippen molar-refractivity contribution in [3.05, 3.63) is 89.6 Å². The molecule has 39 heavy (non-hydrogen) atoms. The number of imide groups is 2. The average molecular weight is 526 g/mol. The number of benzene rings is 2. The van der Waals surface area contributed by atoms with Crippen LogP contribution in [-0.4, -0.2) is 37.7 Å². The van der Waals surface area contributed by atoms with E-state index in [1.54, 1.807) is 43.5 Å². The quantitative estimate of drug-likeness (QED) is 0.393. The van der Waals surface area contributed by atoms with Crippen molar-refractivity contribution in [2.45, 2.75) is 45.1 Å². The molecule has 0 bridgehead atoms. The number of rotatable bonds is 4. The third-order valence-corrected chi connectivity index (χ3v) is 7.94. The summed E-state index contributed by atoms with van der Waals surface area (Å²) in [6, 6.07) is 16.2. The molecule has 2 aromatic heterocycles. The largest absolute Gasteiger partial charge is 0.347 e. The summed E-state index contributed by atoms with van der Waals surface area (Å²) >= 11 is 0. The van der Waals surface area contributed by atoms with E-state index in [-0.39, 0.29) is 11.7 Å². The molecule has 9 nitrogen and oxygen atoms in total. The number of Topliss-reactive ketones (excluding diaryl/α,β-unsaturated/α-hetero) is 1. The molecule has 1 aliphatic carbocycles. The second-order valence-corrected chi connectivity index (χ2v) is 9.99. The highest BCUT2D eigenvalue weighted by Gasteiger charge is 2.50. The lowest BCUT2D eigenvalue weighted by atomic mass is 9.75. The van der Waals surface area contributed by atoms with Gasteiger partial charge in [0.2, 0.25) is 11.8 Å². The second kappa shape index (κ2) is 10.3. The smallest absolute Gasteiger partial charge is 0.328 e. The average Bonchev–Trinajstić information content (AvgIpc) is 3.47. The first-order valence-corrected chi connectivity index (χ1v) is 13.1. The summed E-state index contributed by atoms with van der Waals surface area (Å²) in [5, 5.41) is 5.37. The minimum atomic E-state index is -1.31. The molecule has 0 spiro atoms. The number of hydrogen-bond donors (Lipinski definition) is 2. The Bertz CT molecular complexity index is 1560. The molecule has 3 heterocycles. The lowest BCUT2D eigenvalue weighted by Crippen LogP contribution is -2.64. The Labute approximate surface area is 226 Å². The monoisotopic (exact) mass is 525 g/mol.